The predicted molar refractivity (Wildman–Crippen MR) is 73.5 cm³/mol. The zero-order chi connectivity index (χ0) is 12.6. The van der Waals surface area contributed by atoms with E-state index in [-0.39, 0.29) is 5.56 Å². The van der Waals surface area contributed by atoms with Crippen molar-refractivity contribution in [3.63, 3.8) is 0 Å². The molecule has 1 heterocycles. The molecule has 0 unspecified atom stereocenters. The van der Waals surface area contributed by atoms with Gasteiger partial charge in [0.1, 0.15) is 4.47 Å². The highest BCUT2D eigenvalue weighted by Gasteiger charge is 2.13. The van der Waals surface area contributed by atoms with Gasteiger partial charge in [-0.3, -0.25) is 9.89 Å². The van der Waals surface area contributed by atoms with Crippen LogP contribution >= 0.6 is 39.1 Å². The lowest BCUT2D eigenvalue weighted by Crippen LogP contribution is -2.15. The highest BCUT2D eigenvalue weighted by molar-refractivity contribution is 9.10. The first-order valence-electron chi connectivity index (χ1n) is 4.99. The van der Waals surface area contributed by atoms with E-state index in [1.807, 2.05) is 6.92 Å². The van der Waals surface area contributed by atoms with E-state index in [4.69, 9.17) is 23.2 Å². The largest absolute Gasteiger partial charge is 0.294 e. The summed E-state index contributed by atoms with van der Waals surface area (Å²) in [5, 5.41) is 3.97. The molecule has 0 aliphatic heterocycles. The molecule has 90 valence electrons. The van der Waals surface area contributed by atoms with E-state index in [9.17, 15) is 4.79 Å². The lowest BCUT2D eigenvalue weighted by atomic mass is 10.3. The minimum absolute atomic E-state index is 0.161. The van der Waals surface area contributed by atoms with Crippen molar-refractivity contribution in [2.45, 2.75) is 13.3 Å². The Morgan fingerprint density at radius 1 is 1.41 bits per heavy atom. The number of aromatic nitrogens is 2. The van der Waals surface area contributed by atoms with Gasteiger partial charge in [-0.2, -0.15) is 0 Å². The fraction of sp³-hybridized carbons (Fsp3) is 0.182. The van der Waals surface area contributed by atoms with Gasteiger partial charge in [0.15, 0.2) is 0 Å². The third kappa shape index (κ3) is 2.30. The molecule has 0 atom stereocenters. The Morgan fingerprint density at radius 2 is 2.12 bits per heavy atom. The first kappa shape index (κ1) is 12.7. The van der Waals surface area contributed by atoms with Crippen molar-refractivity contribution >= 4 is 39.1 Å². The molecular formula is C11H9BrCl2N2O. The van der Waals surface area contributed by atoms with Crippen molar-refractivity contribution in [1.29, 1.82) is 0 Å². The number of hydrogen-bond acceptors (Lipinski definition) is 1. The molecule has 0 bridgehead atoms. The summed E-state index contributed by atoms with van der Waals surface area (Å²) >= 11 is 15.1. The molecule has 0 fully saturated rings. The Morgan fingerprint density at radius 3 is 2.65 bits per heavy atom. The first-order chi connectivity index (χ1) is 8.04. The summed E-state index contributed by atoms with van der Waals surface area (Å²) in [6.45, 7) is 1.96. The smallest absolute Gasteiger partial charge is 0.285 e. The normalized spacial score (nSPS) is 10.8. The molecule has 0 aliphatic rings. The van der Waals surface area contributed by atoms with Gasteiger partial charge in [0, 0.05) is 5.02 Å². The van der Waals surface area contributed by atoms with Crippen molar-refractivity contribution in [2.24, 2.45) is 0 Å². The molecule has 1 aromatic carbocycles. The highest BCUT2D eigenvalue weighted by Crippen LogP contribution is 2.24. The summed E-state index contributed by atoms with van der Waals surface area (Å²) in [5.74, 6) is 0. The van der Waals surface area contributed by atoms with Crippen LogP contribution in [0, 0.1) is 0 Å². The lowest BCUT2D eigenvalue weighted by Gasteiger charge is -2.04. The second-order valence-electron chi connectivity index (χ2n) is 3.49. The van der Waals surface area contributed by atoms with Gasteiger partial charge in [-0.05, 0) is 40.5 Å². The molecule has 1 aromatic heterocycles. The van der Waals surface area contributed by atoms with Gasteiger partial charge in [0.05, 0.1) is 16.4 Å². The van der Waals surface area contributed by atoms with Crippen LogP contribution in [0.25, 0.3) is 5.69 Å². The van der Waals surface area contributed by atoms with Crippen LogP contribution in [-0.4, -0.2) is 9.78 Å². The van der Waals surface area contributed by atoms with Gasteiger partial charge in [-0.1, -0.05) is 30.1 Å². The number of aromatic amines is 1. The monoisotopic (exact) mass is 334 g/mol. The first-order valence-corrected chi connectivity index (χ1v) is 6.54. The Balaban J connectivity index is 2.65. The number of hydrogen-bond donors (Lipinski definition) is 1. The lowest BCUT2D eigenvalue weighted by molar-refractivity contribution is 0.819. The van der Waals surface area contributed by atoms with Crippen molar-refractivity contribution < 1.29 is 0 Å². The maximum atomic E-state index is 12.0. The Kier molecular flexibility index (Phi) is 3.66. The van der Waals surface area contributed by atoms with Gasteiger partial charge in [-0.25, -0.2) is 4.68 Å². The average molecular weight is 336 g/mol. The van der Waals surface area contributed by atoms with E-state index in [1.54, 1.807) is 18.2 Å². The van der Waals surface area contributed by atoms with E-state index < -0.39 is 0 Å². The molecule has 17 heavy (non-hydrogen) atoms. The minimum Gasteiger partial charge on any atom is -0.294 e. The van der Waals surface area contributed by atoms with Crippen molar-refractivity contribution in [3.8, 4) is 5.69 Å². The van der Waals surface area contributed by atoms with Crippen LogP contribution < -0.4 is 5.56 Å². The topological polar surface area (TPSA) is 37.8 Å². The van der Waals surface area contributed by atoms with Gasteiger partial charge in [0.2, 0.25) is 0 Å². The summed E-state index contributed by atoms with van der Waals surface area (Å²) in [5.41, 5.74) is 1.26. The van der Waals surface area contributed by atoms with Gasteiger partial charge < -0.3 is 0 Å². The summed E-state index contributed by atoms with van der Waals surface area (Å²) in [6.07, 6.45) is 0.730. The summed E-state index contributed by atoms with van der Waals surface area (Å²) in [7, 11) is 0. The molecule has 0 amide bonds. The average Bonchev–Trinajstić information content (AvgIpc) is 2.57. The van der Waals surface area contributed by atoms with Crippen LogP contribution in [0.4, 0.5) is 0 Å². The zero-order valence-corrected chi connectivity index (χ0v) is 12.0. The van der Waals surface area contributed by atoms with E-state index in [1.165, 1.54) is 4.68 Å². The van der Waals surface area contributed by atoms with Crippen LogP contribution in [0.2, 0.25) is 10.0 Å². The molecule has 6 heteroatoms. The quantitative estimate of drug-likeness (QED) is 0.890. The van der Waals surface area contributed by atoms with E-state index in [2.05, 4.69) is 21.0 Å². The number of rotatable bonds is 2. The van der Waals surface area contributed by atoms with Crippen molar-refractivity contribution in [2.75, 3.05) is 0 Å². The van der Waals surface area contributed by atoms with E-state index in [0.29, 0.717) is 20.2 Å². The zero-order valence-electron chi connectivity index (χ0n) is 8.93. The summed E-state index contributed by atoms with van der Waals surface area (Å²) in [4.78, 5) is 12.0. The summed E-state index contributed by atoms with van der Waals surface area (Å²) in [6, 6.07) is 5.00. The molecule has 3 nitrogen and oxygen atoms in total. The SMILES string of the molecule is CCc1[nH]n(-c2ccc(Cl)cc2Cl)c(=O)c1Br. The maximum absolute atomic E-state index is 12.0. The number of nitrogens with zero attached hydrogens (tertiary/aromatic N) is 1. The number of halogens is 3. The van der Waals surface area contributed by atoms with Crippen LogP contribution in [0.3, 0.4) is 0 Å². The van der Waals surface area contributed by atoms with Crippen LogP contribution in [0.5, 0.6) is 0 Å². The second-order valence-corrected chi connectivity index (χ2v) is 5.13. The van der Waals surface area contributed by atoms with Crippen LogP contribution in [-0.2, 0) is 6.42 Å². The highest BCUT2D eigenvalue weighted by atomic mass is 79.9. The molecular weight excluding hydrogens is 327 g/mol. The predicted octanol–water partition coefficient (Wildman–Crippen LogP) is 3.80. The number of H-pyrrole nitrogens is 1. The standard InChI is InChI=1S/C11H9BrCl2N2O/c1-2-8-10(12)11(17)16(15-8)9-4-3-6(13)5-7(9)14/h3-5,15H,2H2,1H3. The summed E-state index contributed by atoms with van der Waals surface area (Å²) < 4.78 is 1.94. The van der Waals surface area contributed by atoms with Crippen molar-refractivity contribution in [1.82, 2.24) is 9.78 Å². The third-order valence-electron chi connectivity index (χ3n) is 2.41. The Bertz CT molecular complexity index is 618. The molecule has 1 N–H and O–H groups in total. The fourth-order valence-corrected chi connectivity index (χ4v) is 2.57. The van der Waals surface area contributed by atoms with E-state index >= 15 is 0 Å². The number of aryl methyl sites for hydroxylation is 1. The van der Waals surface area contributed by atoms with Gasteiger partial charge >= 0.3 is 0 Å². The van der Waals surface area contributed by atoms with Gasteiger partial charge in [-0.15, -0.1) is 0 Å². The number of benzene rings is 1. The molecule has 0 saturated heterocycles. The molecule has 2 rings (SSSR count). The van der Waals surface area contributed by atoms with Crippen LogP contribution in [0.15, 0.2) is 27.5 Å². The Hall–Kier alpha value is -0.710. The van der Waals surface area contributed by atoms with Crippen LogP contribution in [0.1, 0.15) is 12.6 Å². The van der Waals surface area contributed by atoms with Crippen molar-refractivity contribution in [3.05, 3.63) is 48.8 Å². The minimum atomic E-state index is -0.161. The van der Waals surface area contributed by atoms with Gasteiger partial charge in [0.25, 0.3) is 5.56 Å². The fourth-order valence-electron chi connectivity index (χ4n) is 1.53. The second kappa shape index (κ2) is 4.88. The Labute approximate surface area is 116 Å². The maximum Gasteiger partial charge on any atom is 0.285 e. The van der Waals surface area contributed by atoms with E-state index in [0.717, 1.165) is 12.1 Å². The molecule has 2 aromatic rings. The molecule has 0 aliphatic carbocycles. The molecule has 0 spiro atoms. The molecule has 0 radical (unpaired) electrons. The molecule has 0 saturated carbocycles. The third-order valence-corrected chi connectivity index (χ3v) is 3.76. The number of nitrogens with one attached hydrogen (secondary N) is 1.